The lowest BCUT2D eigenvalue weighted by Gasteiger charge is -2.27. The van der Waals surface area contributed by atoms with Crippen LogP contribution in [0.15, 0.2) is 47.4 Å². The molecule has 2 heterocycles. The van der Waals surface area contributed by atoms with E-state index in [-0.39, 0.29) is 23.1 Å². The second-order valence-electron chi connectivity index (χ2n) is 8.32. The van der Waals surface area contributed by atoms with Gasteiger partial charge in [-0.3, -0.25) is 29.4 Å². The number of benzene rings is 2. The van der Waals surface area contributed by atoms with Crippen molar-refractivity contribution in [3.05, 3.63) is 68.6 Å². The van der Waals surface area contributed by atoms with Crippen LogP contribution in [0.25, 0.3) is 6.08 Å². The van der Waals surface area contributed by atoms with E-state index in [1.165, 1.54) is 24.3 Å². The van der Waals surface area contributed by atoms with Crippen molar-refractivity contribution < 1.29 is 37.2 Å². The van der Waals surface area contributed by atoms with E-state index in [9.17, 15) is 37.7 Å². The Morgan fingerprint density at radius 1 is 1.11 bits per heavy atom. The molecule has 0 saturated carbocycles. The zero-order chi connectivity index (χ0) is 26.7. The van der Waals surface area contributed by atoms with Crippen LogP contribution in [0.2, 0.25) is 0 Å². The van der Waals surface area contributed by atoms with E-state index in [0.717, 1.165) is 30.2 Å². The number of alkyl halides is 3. The molecule has 0 spiro atoms. The molecular weight excluding hydrogens is 515 g/mol. The number of thioether (sulfide) groups is 1. The topological polar surface area (TPSA) is 110 Å². The van der Waals surface area contributed by atoms with Crippen molar-refractivity contribution in [1.29, 1.82) is 0 Å². The molecule has 2 aliphatic rings. The van der Waals surface area contributed by atoms with Crippen LogP contribution >= 0.6 is 11.8 Å². The van der Waals surface area contributed by atoms with Crippen molar-refractivity contribution in [1.82, 2.24) is 9.80 Å². The largest absolute Gasteiger partial charge is 0.450 e. The number of nitro groups is 1. The van der Waals surface area contributed by atoms with Gasteiger partial charge in [0.2, 0.25) is 11.7 Å². The Labute approximate surface area is 213 Å². The Morgan fingerprint density at radius 3 is 2.51 bits per heavy atom. The fourth-order valence-corrected chi connectivity index (χ4v) is 4.72. The maximum absolute atomic E-state index is 12.9. The molecule has 0 N–H and O–H groups in total. The second kappa shape index (κ2) is 10.6. The molecule has 13 heteroatoms. The van der Waals surface area contributed by atoms with Crippen LogP contribution in [0.5, 0.6) is 11.5 Å². The molecule has 0 unspecified atom stereocenters. The lowest BCUT2D eigenvalue weighted by Crippen LogP contribution is -2.44. The molecule has 37 heavy (non-hydrogen) atoms. The Hall–Kier alpha value is -3.87. The zero-order valence-corrected chi connectivity index (χ0v) is 20.0. The van der Waals surface area contributed by atoms with Crippen LogP contribution < -0.4 is 4.74 Å². The molecular formula is C24H20F3N3O6S. The first-order valence-corrected chi connectivity index (χ1v) is 12.0. The van der Waals surface area contributed by atoms with Gasteiger partial charge in [0.05, 0.1) is 15.4 Å². The quantitative estimate of drug-likeness (QED) is 0.275. The number of piperidine rings is 1. The van der Waals surface area contributed by atoms with Gasteiger partial charge in [-0.25, -0.2) is 0 Å². The van der Waals surface area contributed by atoms with E-state index in [4.69, 9.17) is 4.74 Å². The highest BCUT2D eigenvalue weighted by Crippen LogP contribution is 2.38. The Morgan fingerprint density at radius 2 is 1.84 bits per heavy atom. The third-order valence-corrected chi connectivity index (χ3v) is 6.65. The van der Waals surface area contributed by atoms with Crippen LogP contribution in [-0.2, 0) is 15.8 Å². The molecule has 2 saturated heterocycles. The summed E-state index contributed by atoms with van der Waals surface area (Å²) < 4.78 is 44.3. The lowest BCUT2D eigenvalue weighted by molar-refractivity contribution is -0.385. The van der Waals surface area contributed by atoms with Gasteiger partial charge in [-0.2, -0.15) is 13.2 Å². The number of hydrogen-bond acceptors (Lipinski definition) is 7. The molecule has 2 aromatic carbocycles. The van der Waals surface area contributed by atoms with Crippen LogP contribution in [0.1, 0.15) is 30.4 Å². The summed E-state index contributed by atoms with van der Waals surface area (Å²) in [7, 11) is 0. The summed E-state index contributed by atoms with van der Waals surface area (Å²) in [5.41, 5.74) is -1.64. The molecule has 2 aromatic rings. The minimum Gasteiger partial charge on any atom is -0.450 e. The van der Waals surface area contributed by atoms with Gasteiger partial charge in [0.1, 0.15) is 12.3 Å². The fourth-order valence-electron chi connectivity index (χ4n) is 3.88. The number of amides is 3. The van der Waals surface area contributed by atoms with Crippen LogP contribution in [0.4, 0.5) is 23.7 Å². The summed E-state index contributed by atoms with van der Waals surface area (Å²) in [4.78, 5) is 50.6. The summed E-state index contributed by atoms with van der Waals surface area (Å²) in [6.07, 6.45) is -0.568. The summed E-state index contributed by atoms with van der Waals surface area (Å²) >= 11 is 0.676. The standard InChI is InChI=1S/C24H20F3N3O6S/c25-24(26,27)16-7-8-19(18(13-16)30(34)35)36-17-6-4-5-15(11-17)12-20-22(32)29(23(33)37-20)14-21(31)28-9-2-1-3-10-28/h4-8,11-13H,1-3,9-10,14H2/b20-12-. The summed E-state index contributed by atoms with van der Waals surface area (Å²) in [5.74, 6) is -1.25. The molecule has 4 rings (SSSR count). The number of carbonyl (C=O) groups is 3. The number of ether oxygens (including phenoxy) is 1. The van der Waals surface area contributed by atoms with Crippen LogP contribution in [0.3, 0.4) is 0 Å². The maximum Gasteiger partial charge on any atom is 0.416 e. The first-order chi connectivity index (χ1) is 17.5. The SMILES string of the molecule is O=C(CN1C(=O)S/C(=C\c2cccc(Oc3ccc(C(F)(F)F)cc3[N+](=O)[O-])c2)C1=O)N1CCCCC1. The number of imide groups is 1. The van der Waals surface area contributed by atoms with Crippen molar-refractivity contribution in [2.75, 3.05) is 19.6 Å². The summed E-state index contributed by atoms with van der Waals surface area (Å²) in [5, 5.41) is 10.7. The summed E-state index contributed by atoms with van der Waals surface area (Å²) in [6.45, 7) is 0.840. The molecule has 194 valence electrons. The number of carbonyl (C=O) groups excluding carboxylic acids is 3. The third kappa shape index (κ3) is 6.10. The number of halogens is 3. The predicted octanol–water partition coefficient (Wildman–Crippen LogP) is 5.45. The highest BCUT2D eigenvalue weighted by molar-refractivity contribution is 8.18. The fraction of sp³-hybridized carbons (Fsp3) is 0.292. The number of hydrogen-bond donors (Lipinski definition) is 0. The van der Waals surface area contributed by atoms with Gasteiger partial charge in [0.15, 0.2) is 0 Å². The molecule has 0 bridgehead atoms. The normalized spacial score (nSPS) is 17.4. The van der Waals surface area contributed by atoms with Crippen LogP contribution in [-0.4, -0.2) is 51.4 Å². The summed E-state index contributed by atoms with van der Waals surface area (Å²) in [6, 6.07) is 7.87. The van der Waals surface area contributed by atoms with Gasteiger partial charge in [-0.05, 0) is 66.9 Å². The van der Waals surface area contributed by atoms with E-state index >= 15 is 0 Å². The van der Waals surface area contributed by atoms with Crippen molar-refractivity contribution in [2.24, 2.45) is 0 Å². The zero-order valence-electron chi connectivity index (χ0n) is 19.2. The maximum atomic E-state index is 12.9. The van der Waals surface area contributed by atoms with Gasteiger partial charge >= 0.3 is 11.9 Å². The highest BCUT2D eigenvalue weighted by atomic mass is 32.2. The van der Waals surface area contributed by atoms with E-state index in [1.807, 2.05) is 0 Å². The van der Waals surface area contributed by atoms with Gasteiger partial charge < -0.3 is 9.64 Å². The minimum absolute atomic E-state index is 0.0658. The molecule has 2 fully saturated rings. The van der Waals surface area contributed by atoms with Crippen LogP contribution in [0, 0.1) is 10.1 Å². The van der Waals surface area contributed by atoms with Gasteiger partial charge in [-0.15, -0.1) is 0 Å². The van der Waals surface area contributed by atoms with E-state index < -0.39 is 39.2 Å². The Bertz CT molecular complexity index is 1290. The number of nitrogens with zero attached hydrogens (tertiary/aromatic N) is 3. The number of rotatable bonds is 6. The molecule has 9 nitrogen and oxygen atoms in total. The van der Waals surface area contributed by atoms with Crippen molar-refractivity contribution in [2.45, 2.75) is 25.4 Å². The molecule has 0 aliphatic carbocycles. The second-order valence-corrected chi connectivity index (χ2v) is 9.31. The van der Waals surface area contributed by atoms with Gasteiger partial charge in [-0.1, -0.05) is 12.1 Å². The van der Waals surface area contributed by atoms with Crippen molar-refractivity contribution in [3.63, 3.8) is 0 Å². The molecule has 0 radical (unpaired) electrons. The van der Waals surface area contributed by atoms with E-state index in [0.29, 0.717) is 42.5 Å². The first-order valence-electron chi connectivity index (χ1n) is 11.2. The smallest absolute Gasteiger partial charge is 0.416 e. The monoisotopic (exact) mass is 535 g/mol. The molecule has 0 aromatic heterocycles. The number of likely N-dealkylation sites (tertiary alicyclic amines) is 1. The average Bonchev–Trinajstić information content (AvgIpc) is 3.11. The Kier molecular flexibility index (Phi) is 7.52. The van der Waals surface area contributed by atoms with E-state index in [1.54, 1.807) is 11.0 Å². The average molecular weight is 536 g/mol. The van der Waals surface area contributed by atoms with Crippen molar-refractivity contribution >= 4 is 40.6 Å². The molecule has 2 aliphatic heterocycles. The Balaban J connectivity index is 1.50. The predicted molar refractivity (Wildman–Crippen MR) is 128 cm³/mol. The highest BCUT2D eigenvalue weighted by Gasteiger charge is 2.37. The first kappa shape index (κ1) is 26.2. The molecule has 0 atom stereocenters. The van der Waals surface area contributed by atoms with E-state index in [2.05, 4.69) is 0 Å². The minimum atomic E-state index is -4.76. The number of nitro benzene ring substituents is 1. The van der Waals surface area contributed by atoms with Crippen molar-refractivity contribution in [3.8, 4) is 11.5 Å². The molecule has 3 amide bonds. The van der Waals surface area contributed by atoms with Gasteiger partial charge in [0.25, 0.3) is 11.1 Å². The third-order valence-electron chi connectivity index (χ3n) is 5.74. The van der Waals surface area contributed by atoms with Gasteiger partial charge in [0, 0.05) is 19.2 Å². The lowest BCUT2D eigenvalue weighted by atomic mass is 10.1.